The summed E-state index contributed by atoms with van der Waals surface area (Å²) in [6, 6.07) is 89.4. The molecule has 0 saturated heterocycles. The molecule has 14 aromatic rings. The van der Waals surface area contributed by atoms with Crippen LogP contribution in [0.1, 0.15) is 40.8 Å². The zero-order valence-corrected chi connectivity index (χ0v) is 42.1. The van der Waals surface area contributed by atoms with Crippen molar-refractivity contribution in [2.24, 2.45) is 0 Å². The molecule has 0 radical (unpaired) electrons. The second-order valence-corrected chi connectivity index (χ2v) is 20.8. The van der Waals surface area contributed by atoms with Gasteiger partial charge in [0.1, 0.15) is 0 Å². The first-order chi connectivity index (χ1) is 38.2. The maximum absolute atomic E-state index is 5.47. The Kier molecular flexibility index (Phi) is 9.68. The molecule has 0 saturated carbocycles. The molecule has 0 unspecified atom stereocenters. The molecule has 11 aromatic carbocycles. The average molecular weight is 978 g/mol. The number of hydrogen-bond acceptors (Lipinski definition) is 3. The van der Waals surface area contributed by atoms with Gasteiger partial charge in [-0.1, -0.05) is 218 Å². The molecule has 3 aromatic heterocycles. The molecule has 0 amide bonds. The van der Waals surface area contributed by atoms with E-state index in [0.29, 0.717) is 0 Å². The third-order valence-corrected chi connectivity index (χ3v) is 16.7. The molecule has 0 atom stereocenters. The maximum Gasteiger partial charge on any atom is 0.0972 e. The lowest BCUT2D eigenvalue weighted by atomic mass is 9.67. The van der Waals surface area contributed by atoms with Gasteiger partial charge in [-0.15, -0.1) is 0 Å². The van der Waals surface area contributed by atoms with Crippen LogP contribution in [0.15, 0.2) is 261 Å². The van der Waals surface area contributed by atoms with E-state index >= 15 is 0 Å². The molecular formula is C74H47N3. The molecule has 3 heterocycles. The predicted molar refractivity (Wildman–Crippen MR) is 322 cm³/mol. The largest absolute Gasteiger partial charge is 0.247 e. The summed E-state index contributed by atoms with van der Waals surface area (Å²) >= 11 is 0. The van der Waals surface area contributed by atoms with E-state index in [1.807, 2.05) is 0 Å². The first-order valence-electron chi connectivity index (χ1n) is 26.8. The smallest absolute Gasteiger partial charge is 0.0972 e. The van der Waals surface area contributed by atoms with Crippen LogP contribution in [-0.4, -0.2) is 15.0 Å². The van der Waals surface area contributed by atoms with Crippen molar-refractivity contribution in [3.05, 3.63) is 289 Å². The van der Waals surface area contributed by atoms with Crippen LogP contribution < -0.4 is 0 Å². The van der Waals surface area contributed by atoms with Gasteiger partial charge in [-0.3, -0.25) is 0 Å². The van der Waals surface area contributed by atoms with E-state index in [-0.39, 0.29) is 0 Å². The predicted octanol–water partition coefficient (Wildman–Crippen LogP) is 19.0. The number of hydrogen-bond donors (Lipinski definition) is 0. The number of pyridine rings is 3. The zero-order chi connectivity index (χ0) is 50.6. The standard InChI is InChI=1S/C74H47N3/c1-4-16-47(17-5-1)68-40-36-49-32-33-50-37-41-69(76-73(50)72(49)75-68)52-35-39-58-57-38-34-51(42-61(57)55-22-10-11-23-56(55)62(58)43-52)46-28-30-48(31-29-46)71-65-44-64-59-24-12-14-26-66(59)74(53-18-6-2-7-19-53,54-20-8-3-9-21-54)67(64)45-63(65)60-25-13-15-27-70(60)77-71/h2-4,6-45H,1,5H2. The fourth-order valence-electron chi connectivity index (χ4n) is 13.1. The van der Waals surface area contributed by atoms with Crippen LogP contribution >= 0.6 is 0 Å². The summed E-state index contributed by atoms with van der Waals surface area (Å²) in [5.74, 6) is 0. The topological polar surface area (TPSA) is 38.7 Å². The van der Waals surface area contributed by atoms with E-state index in [2.05, 4.69) is 261 Å². The van der Waals surface area contributed by atoms with Gasteiger partial charge in [0.05, 0.1) is 39.0 Å². The van der Waals surface area contributed by atoms with Crippen LogP contribution in [-0.2, 0) is 5.41 Å². The van der Waals surface area contributed by atoms with Crippen LogP contribution in [0.5, 0.6) is 0 Å². The maximum atomic E-state index is 5.47. The fraction of sp³-hybridized carbons (Fsp3) is 0.0405. The molecule has 358 valence electrons. The summed E-state index contributed by atoms with van der Waals surface area (Å²) in [7, 11) is 0. The highest BCUT2D eigenvalue weighted by Gasteiger charge is 2.46. The molecule has 0 fully saturated rings. The first-order valence-corrected chi connectivity index (χ1v) is 26.8. The first kappa shape index (κ1) is 43.6. The van der Waals surface area contributed by atoms with Gasteiger partial charge in [-0.25, -0.2) is 15.0 Å². The summed E-state index contributed by atoms with van der Waals surface area (Å²) in [6.45, 7) is 0. The Hall–Kier alpha value is -9.83. The minimum Gasteiger partial charge on any atom is -0.247 e. The van der Waals surface area contributed by atoms with Crippen molar-refractivity contribution < 1.29 is 0 Å². The van der Waals surface area contributed by atoms with E-state index in [1.165, 1.54) is 82.2 Å². The fourth-order valence-corrected chi connectivity index (χ4v) is 13.1. The van der Waals surface area contributed by atoms with Crippen LogP contribution in [0, 0.1) is 0 Å². The van der Waals surface area contributed by atoms with Crippen LogP contribution in [0.25, 0.3) is 126 Å². The Bertz CT molecular complexity index is 4780. The van der Waals surface area contributed by atoms with E-state index in [0.717, 1.165) is 84.7 Å². The molecule has 2 aliphatic rings. The molecule has 3 nitrogen and oxygen atoms in total. The van der Waals surface area contributed by atoms with Gasteiger partial charge in [0.2, 0.25) is 0 Å². The van der Waals surface area contributed by atoms with Crippen LogP contribution in [0.2, 0.25) is 0 Å². The van der Waals surface area contributed by atoms with Gasteiger partial charge in [0, 0.05) is 32.7 Å². The molecule has 0 N–H and O–H groups in total. The Balaban J connectivity index is 0.801. The number of aromatic nitrogens is 3. The third kappa shape index (κ3) is 6.67. The van der Waals surface area contributed by atoms with Gasteiger partial charge >= 0.3 is 0 Å². The molecule has 0 spiro atoms. The second-order valence-electron chi connectivity index (χ2n) is 20.8. The number of fused-ring (bicyclic) bond motifs is 15. The molecule has 3 heteroatoms. The van der Waals surface area contributed by atoms with Gasteiger partial charge < -0.3 is 0 Å². The van der Waals surface area contributed by atoms with Crippen LogP contribution in [0.4, 0.5) is 0 Å². The number of benzene rings is 11. The number of para-hydroxylation sites is 1. The highest BCUT2D eigenvalue weighted by Crippen LogP contribution is 2.57. The molecule has 2 aliphatic carbocycles. The average Bonchev–Trinajstić information content (AvgIpc) is 3.84. The Morgan fingerprint density at radius 1 is 0.325 bits per heavy atom. The summed E-state index contributed by atoms with van der Waals surface area (Å²) in [4.78, 5) is 16.0. The SMILES string of the molecule is C1=CC(c2ccc3ccc4ccc(-c5ccc6c7ccc(-c8ccc(-c9nc%10ccccc%10c%10cc%11c(cc9%10)-c9ccccc9C%11(c9ccccc9)c9ccccc9)cc8)cc7c7ccccc7c6c5)nc4c3n2)=CCC1. The van der Waals surface area contributed by atoms with Crippen molar-refractivity contribution in [2.75, 3.05) is 0 Å². The lowest BCUT2D eigenvalue weighted by molar-refractivity contribution is 0.769. The van der Waals surface area contributed by atoms with Crippen molar-refractivity contribution in [1.82, 2.24) is 15.0 Å². The highest BCUT2D eigenvalue weighted by atomic mass is 14.8. The molecule has 0 bridgehead atoms. The van der Waals surface area contributed by atoms with Crippen molar-refractivity contribution in [3.8, 4) is 44.8 Å². The van der Waals surface area contributed by atoms with E-state index in [4.69, 9.17) is 15.0 Å². The zero-order valence-electron chi connectivity index (χ0n) is 42.1. The minimum atomic E-state index is -0.491. The van der Waals surface area contributed by atoms with E-state index < -0.39 is 5.41 Å². The van der Waals surface area contributed by atoms with Crippen molar-refractivity contribution in [2.45, 2.75) is 18.3 Å². The summed E-state index contributed by atoms with van der Waals surface area (Å²) < 4.78 is 0. The third-order valence-electron chi connectivity index (χ3n) is 16.7. The number of rotatable bonds is 6. The monoisotopic (exact) mass is 977 g/mol. The summed E-state index contributed by atoms with van der Waals surface area (Å²) in [5.41, 5.74) is 18.6. The van der Waals surface area contributed by atoms with Gasteiger partial charge in [-0.05, 0) is 143 Å². The summed E-state index contributed by atoms with van der Waals surface area (Å²) in [5, 5.41) is 13.1. The Labute approximate surface area is 445 Å². The molecule has 16 rings (SSSR count). The molecular weight excluding hydrogens is 931 g/mol. The van der Waals surface area contributed by atoms with Crippen molar-refractivity contribution in [1.29, 1.82) is 0 Å². The lowest BCUT2D eigenvalue weighted by Gasteiger charge is -2.34. The second kappa shape index (κ2) is 17.1. The molecule has 0 aliphatic heterocycles. The number of allylic oxidation sites excluding steroid dienone is 4. The van der Waals surface area contributed by atoms with E-state index in [1.54, 1.807) is 0 Å². The Morgan fingerprint density at radius 2 is 0.870 bits per heavy atom. The Morgan fingerprint density at radius 3 is 1.57 bits per heavy atom. The highest BCUT2D eigenvalue weighted by molar-refractivity contribution is 6.26. The summed E-state index contributed by atoms with van der Waals surface area (Å²) in [6.07, 6.45) is 8.84. The van der Waals surface area contributed by atoms with Crippen molar-refractivity contribution in [3.63, 3.8) is 0 Å². The van der Waals surface area contributed by atoms with E-state index in [9.17, 15) is 0 Å². The van der Waals surface area contributed by atoms with Gasteiger partial charge in [0.25, 0.3) is 0 Å². The lowest BCUT2D eigenvalue weighted by Crippen LogP contribution is -2.28. The number of nitrogens with zero attached hydrogens (tertiary/aromatic N) is 3. The molecule has 77 heavy (non-hydrogen) atoms. The quantitative estimate of drug-likeness (QED) is 0.156. The van der Waals surface area contributed by atoms with Gasteiger partial charge in [-0.2, -0.15) is 0 Å². The van der Waals surface area contributed by atoms with Gasteiger partial charge in [0.15, 0.2) is 0 Å². The van der Waals surface area contributed by atoms with Crippen LogP contribution in [0.3, 0.4) is 0 Å². The normalized spacial score (nSPS) is 13.7. The minimum absolute atomic E-state index is 0.491. The van der Waals surface area contributed by atoms with Crippen molar-refractivity contribution >= 4 is 81.4 Å².